The van der Waals surface area contributed by atoms with Crippen molar-refractivity contribution < 1.29 is 0 Å². The molecule has 0 saturated carbocycles. The summed E-state index contributed by atoms with van der Waals surface area (Å²) in [4.78, 5) is 0. The highest BCUT2D eigenvalue weighted by Crippen LogP contribution is 2.66. The van der Waals surface area contributed by atoms with Gasteiger partial charge in [-0.15, -0.1) is 0 Å². The van der Waals surface area contributed by atoms with Crippen LogP contribution in [0.3, 0.4) is 0 Å². The van der Waals surface area contributed by atoms with E-state index in [9.17, 15) is 0 Å². The van der Waals surface area contributed by atoms with E-state index in [2.05, 4.69) is 136 Å². The maximum Gasteiger partial charge on any atom is 0.0358 e. The van der Waals surface area contributed by atoms with Gasteiger partial charge in [0.05, 0.1) is 0 Å². The molecule has 5 rings (SSSR count). The van der Waals surface area contributed by atoms with Gasteiger partial charge in [-0.05, 0) is 72.6 Å². The van der Waals surface area contributed by atoms with E-state index in [0.29, 0.717) is 10.5 Å². The van der Waals surface area contributed by atoms with Crippen LogP contribution in [0.4, 0.5) is 0 Å². The maximum absolute atomic E-state index is 2.57. The van der Waals surface area contributed by atoms with E-state index < -0.39 is 10.0 Å². The Bertz CT molecular complexity index is 1320. The van der Waals surface area contributed by atoms with Gasteiger partial charge in [0, 0.05) is 10.5 Å². The quantitative estimate of drug-likeness (QED) is 0.329. The average Bonchev–Trinajstić information content (AvgIpc) is 3.26. The predicted octanol–water partition coefficient (Wildman–Crippen LogP) is 9.62. The van der Waals surface area contributed by atoms with Crippen molar-refractivity contribution in [2.45, 2.75) is 37.2 Å². The van der Waals surface area contributed by atoms with Crippen LogP contribution in [0.1, 0.15) is 48.6 Å². The average molecular weight is 477 g/mol. The third-order valence-electron chi connectivity index (χ3n) is 7.71. The molecule has 0 aromatic heterocycles. The zero-order chi connectivity index (χ0) is 24.4. The van der Waals surface area contributed by atoms with Crippen molar-refractivity contribution >= 4 is 21.7 Å². The van der Waals surface area contributed by atoms with Crippen molar-refractivity contribution in [3.8, 4) is 11.1 Å². The first-order valence-corrected chi connectivity index (χ1v) is 15.2. The van der Waals surface area contributed by atoms with Crippen molar-refractivity contribution in [1.29, 1.82) is 0 Å². The summed E-state index contributed by atoms with van der Waals surface area (Å²) >= 11 is 0. The first kappa shape index (κ1) is 23.7. The highest BCUT2D eigenvalue weighted by atomic mass is 32.3. The smallest absolute Gasteiger partial charge is 0.0358 e. The molecule has 0 radical (unpaired) electrons. The molecule has 0 amide bonds. The summed E-state index contributed by atoms with van der Waals surface area (Å²) < 4.78 is 0. The van der Waals surface area contributed by atoms with Gasteiger partial charge in [-0.3, -0.25) is 0 Å². The molecular weight excluding hydrogens is 440 g/mol. The lowest BCUT2D eigenvalue weighted by Crippen LogP contribution is -2.23. The van der Waals surface area contributed by atoms with Gasteiger partial charge in [0.2, 0.25) is 0 Å². The minimum absolute atomic E-state index is 0.491. The number of allylic oxidation sites excluding steroid dienone is 5. The third-order valence-corrected chi connectivity index (χ3v) is 11.6. The number of fused-ring (bicyclic) bond motifs is 1. The Hall–Kier alpha value is -3.03. The Balaban J connectivity index is 1.49. The molecule has 0 fully saturated rings. The topological polar surface area (TPSA) is 0 Å². The predicted molar refractivity (Wildman–Crippen MR) is 158 cm³/mol. The second kappa shape index (κ2) is 9.91. The van der Waals surface area contributed by atoms with Crippen LogP contribution in [0.5, 0.6) is 0 Å². The summed E-state index contributed by atoms with van der Waals surface area (Å²) in [5, 5.41) is 1.05. The van der Waals surface area contributed by atoms with E-state index in [1.165, 1.54) is 39.0 Å². The molecule has 0 nitrogen and oxygen atoms in total. The highest BCUT2D eigenvalue weighted by molar-refractivity contribution is 8.33. The summed E-state index contributed by atoms with van der Waals surface area (Å²) in [5.74, 6) is 0. The second-order valence-electron chi connectivity index (χ2n) is 10.3. The van der Waals surface area contributed by atoms with E-state index in [0.717, 1.165) is 12.8 Å². The van der Waals surface area contributed by atoms with Crippen LogP contribution >= 0.6 is 10.0 Å². The Labute approximate surface area is 213 Å². The molecule has 2 aliphatic carbocycles. The molecule has 0 bridgehead atoms. The second-order valence-corrected chi connectivity index (χ2v) is 14.3. The molecule has 35 heavy (non-hydrogen) atoms. The van der Waals surface area contributed by atoms with Crippen molar-refractivity contribution in [3.63, 3.8) is 0 Å². The van der Waals surface area contributed by atoms with E-state index in [4.69, 9.17) is 0 Å². The number of hydrogen-bond donors (Lipinski definition) is 0. The van der Waals surface area contributed by atoms with E-state index in [1.807, 2.05) is 0 Å². The first-order chi connectivity index (χ1) is 17.0. The number of benzene rings is 3. The number of rotatable bonds is 4. The van der Waals surface area contributed by atoms with Gasteiger partial charge in [0.1, 0.15) is 0 Å². The molecule has 2 atom stereocenters. The van der Waals surface area contributed by atoms with Gasteiger partial charge in [0.15, 0.2) is 0 Å². The van der Waals surface area contributed by atoms with Gasteiger partial charge in [-0.25, -0.2) is 10.0 Å². The van der Waals surface area contributed by atoms with Crippen molar-refractivity contribution in [2.24, 2.45) is 0 Å². The summed E-state index contributed by atoms with van der Waals surface area (Å²) in [7, 11) is -1.02. The lowest BCUT2D eigenvalue weighted by molar-refractivity contribution is 0.957. The largest absolute Gasteiger partial charge is 0.229 e. The van der Waals surface area contributed by atoms with Gasteiger partial charge < -0.3 is 0 Å². The molecule has 0 aliphatic heterocycles. The fraction of sp³-hybridized carbons (Fsp3) is 0.235. The summed E-state index contributed by atoms with van der Waals surface area (Å²) in [5.41, 5.74) is 11.4. The van der Waals surface area contributed by atoms with Crippen molar-refractivity contribution in [3.05, 3.63) is 131 Å². The van der Waals surface area contributed by atoms with E-state index in [-0.39, 0.29) is 0 Å². The summed E-state index contributed by atoms with van der Waals surface area (Å²) in [6.45, 7) is 4.73. The van der Waals surface area contributed by atoms with Gasteiger partial charge >= 0.3 is 0 Å². The molecule has 3 aromatic carbocycles. The third kappa shape index (κ3) is 4.62. The highest BCUT2D eigenvalue weighted by Gasteiger charge is 2.38. The van der Waals surface area contributed by atoms with Crippen LogP contribution in [0.15, 0.2) is 114 Å². The first-order valence-electron chi connectivity index (χ1n) is 12.6. The van der Waals surface area contributed by atoms with Gasteiger partial charge in [-0.2, -0.15) is 0 Å². The molecular formula is C34H36S. The normalized spacial score (nSPS) is 24.5. The van der Waals surface area contributed by atoms with Crippen LogP contribution < -0.4 is 0 Å². The van der Waals surface area contributed by atoms with E-state index in [1.54, 1.807) is 5.57 Å². The molecule has 1 heteroatoms. The van der Waals surface area contributed by atoms with Gasteiger partial charge in [-0.1, -0.05) is 120 Å². The Morgan fingerprint density at radius 2 is 1.43 bits per heavy atom. The van der Waals surface area contributed by atoms with Crippen molar-refractivity contribution in [1.82, 2.24) is 0 Å². The Morgan fingerprint density at radius 3 is 2.14 bits per heavy atom. The lowest BCUT2D eigenvalue weighted by atomic mass is 9.97. The molecule has 3 aromatic rings. The lowest BCUT2D eigenvalue weighted by Gasteiger charge is -2.47. The fourth-order valence-electron chi connectivity index (χ4n) is 6.00. The monoisotopic (exact) mass is 476 g/mol. The molecule has 0 N–H and O–H groups in total. The zero-order valence-electron chi connectivity index (χ0n) is 21.4. The standard InChI is InChI=1S/C34H36S/c1-25-22-23-28(27-14-7-5-8-15-27)16-11-12-21-33(25)35(3,4)34-26(2)24-32-30(19-13-20-31(32)34)29-17-9-6-10-18-29/h5-20,22,24,33-34H,21,23H2,1-4H3/b12-11-,25-22-,28-16+. The number of hydrogen-bond acceptors (Lipinski definition) is 0. The minimum atomic E-state index is -1.02. The van der Waals surface area contributed by atoms with Crippen LogP contribution in [-0.2, 0) is 0 Å². The molecule has 178 valence electrons. The summed E-state index contributed by atoms with van der Waals surface area (Å²) in [6.07, 6.45) is 19.2. The van der Waals surface area contributed by atoms with Crippen LogP contribution in [0.25, 0.3) is 22.8 Å². The Morgan fingerprint density at radius 1 is 0.743 bits per heavy atom. The molecule has 2 aliphatic rings. The van der Waals surface area contributed by atoms with Crippen molar-refractivity contribution in [2.75, 3.05) is 12.5 Å². The molecule has 2 unspecified atom stereocenters. The van der Waals surface area contributed by atoms with Crippen LogP contribution in [0.2, 0.25) is 0 Å². The zero-order valence-corrected chi connectivity index (χ0v) is 22.2. The van der Waals surface area contributed by atoms with Crippen LogP contribution in [0, 0.1) is 0 Å². The molecule has 0 saturated heterocycles. The maximum atomic E-state index is 2.57. The van der Waals surface area contributed by atoms with E-state index >= 15 is 0 Å². The molecule has 0 heterocycles. The minimum Gasteiger partial charge on any atom is -0.229 e. The Kier molecular flexibility index (Phi) is 6.71. The van der Waals surface area contributed by atoms with Crippen LogP contribution in [-0.4, -0.2) is 17.8 Å². The SMILES string of the molecule is CC1=Cc2c(-c3ccccc3)cccc2C1S(C)(C)C1C/C=C\C=C(\c2ccccc2)C/C=C\1C. The fourth-order valence-corrected chi connectivity index (χ4v) is 9.87. The van der Waals surface area contributed by atoms with Gasteiger partial charge in [0.25, 0.3) is 0 Å². The molecule has 0 spiro atoms. The summed E-state index contributed by atoms with van der Waals surface area (Å²) in [6, 6.07) is 28.6.